The zero-order chi connectivity index (χ0) is 26.5. The van der Waals surface area contributed by atoms with E-state index in [1.165, 1.54) is 0 Å². The molecule has 1 aromatic heterocycles. The van der Waals surface area contributed by atoms with Crippen molar-refractivity contribution in [3.63, 3.8) is 0 Å². The van der Waals surface area contributed by atoms with Crippen molar-refractivity contribution in [2.24, 2.45) is 0 Å². The van der Waals surface area contributed by atoms with Crippen molar-refractivity contribution in [1.29, 1.82) is 0 Å². The predicted molar refractivity (Wildman–Crippen MR) is 140 cm³/mol. The first-order valence-electron chi connectivity index (χ1n) is 12.5. The molecule has 2 atom stereocenters. The largest absolute Gasteiger partial charge is 0.493 e. The molecule has 3 aromatic rings. The first-order valence-corrected chi connectivity index (χ1v) is 12.9. The minimum atomic E-state index is -0.252. The third kappa shape index (κ3) is 6.59. The maximum Gasteiger partial charge on any atom is 0.258 e. The molecule has 4 heterocycles. The zero-order valence-corrected chi connectivity index (χ0v) is 21.8. The maximum absolute atomic E-state index is 13.0. The van der Waals surface area contributed by atoms with Gasteiger partial charge >= 0.3 is 0 Å². The van der Waals surface area contributed by atoms with Gasteiger partial charge in [-0.15, -0.1) is 0 Å². The highest BCUT2D eigenvalue weighted by atomic mass is 35.5. The van der Waals surface area contributed by atoms with Gasteiger partial charge < -0.3 is 29.3 Å². The van der Waals surface area contributed by atoms with Gasteiger partial charge in [-0.1, -0.05) is 18.2 Å². The second kappa shape index (κ2) is 11.8. The Kier molecular flexibility index (Phi) is 8.05. The van der Waals surface area contributed by atoms with Crippen molar-refractivity contribution in [3.8, 4) is 17.2 Å². The van der Waals surface area contributed by atoms with Gasteiger partial charge in [0.25, 0.3) is 5.91 Å². The summed E-state index contributed by atoms with van der Waals surface area (Å²) in [7, 11) is 1.55. The van der Waals surface area contributed by atoms with Gasteiger partial charge in [-0.3, -0.25) is 14.5 Å². The van der Waals surface area contributed by atoms with Crippen LogP contribution >= 0.6 is 11.6 Å². The molecule has 2 amide bonds. The number of halogens is 1. The van der Waals surface area contributed by atoms with Crippen molar-refractivity contribution in [2.45, 2.75) is 38.1 Å². The molecule has 6 rings (SSSR count). The summed E-state index contributed by atoms with van der Waals surface area (Å²) in [5.74, 6) is 2.11. The van der Waals surface area contributed by atoms with Crippen molar-refractivity contribution < 1.29 is 28.2 Å². The third-order valence-electron chi connectivity index (χ3n) is 6.62. The van der Waals surface area contributed by atoms with Gasteiger partial charge in [0.05, 0.1) is 19.7 Å². The van der Waals surface area contributed by atoms with E-state index in [9.17, 15) is 9.59 Å². The number of aryl methyl sites for hydroxylation is 1. The molecule has 0 unspecified atom stereocenters. The second-order valence-corrected chi connectivity index (χ2v) is 9.80. The smallest absolute Gasteiger partial charge is 0.258 e. The number of methoxy groups -OCH3 is 1. The Labute approximate surface area is 226 Å². The Morgan fingerprint density at radius 3 is 2.58 bits per heavy atom. The van der Waals surface area contributed by atoms with Crippen LogP contribution in [0.3, 0.4) is 0 Å². The van der Waals surface area contributed by atoms with Crippen LogP contribution in [0.4, 0.5) is 0 Å². The fraction of sp³-hybridized carbons (Fsp3) is 0.357. The van der Waals surface area contributed by atoms with Gasteiger partial charge in [0, 0.05) is 26.1 Å². The summed E-state index contributed by atoms with van der Waals surface area (Å²) >= 11 is 5.94. The number of furan rings is 1. The highest BCUT2D eigenvalue weighted by molar-refractivity contribution is 6.28. The Morgan fingerprint density at radius 2 is 1.82 bits per heavy atom. The van der Waals surface area contributed by atoms with Crippen LogP contribution in [0.2, 0.25) is 5.22 Å². The lowest BCUT2D eigenvalue weighted by Gasteiger charge is -2.21. The Hall–Kier alpha value is -3.69. The van der Waals surface area contributed by atoms with E-state index < -0.39 is 0 Å². The molecule has 2 aromatic carbocycles. The molecule has 0 radical (unpaired) electrons. The number of carbonyl (C=O) groups excluding carboxylic acids is 2. The van der Waals surface area contributed by atoms with Crippen LogP contribution in [0, 0.1) is 0 Å². The molecule has 0 aliphatic carbocycles. The minimum Gasteiger partial charge on any atom is -0.493 e. The summed E-state index contributed by atoms with van der Waals surface area (Å²) in [4.78, 5) is 27.5. The Balaban J connectivity index is 1.35. The summed E-state index contributed by atoms with van der Waals surface area (Å²) in [5.41, 5.74) is 1.83. The van der Waals surface area contributed by atoms with Crippen LogP contribution in [-0.2, 0) is 29.1 Å². The number of rotatable bonds is 3. The molecular formula is C28H30ClN3O6. The van der Waals surface area contributed by atoms with Gasteiger partial charge in [-0.25, -0.2) is 0 Å². The number of nitrogens with zero attached hydrogens (tertiary/aromatic N) is 1. The third-order valence-corrected chi connectivity index (χ3v) is 6.83. The van der Waals surface area contributed by atoms with Crippen molar-refractivity contribution in [2.75, 3.05) is 26.8 Å². The fourth-order valence-electron chi connectivity index (χ4n) is 4.68. The van der Waals surface area contributed by atoms with Crippen LogP contribution in [0.5, 0.6) is 17.2 Å². The van der Waals surface area contributed by atoms with Crippen molar-refractivity contribution in [1.82, 2.24) is 15.5 Å². The molecule has 9 nitrogen and oxygen atoms in total. The number of ether oxygens (including phenoxy) is 3. The van der Waals surface area contributed by atoms with E-state index >= 15 is 0 Å². The van der Waals surface area contributed by atoms with Crippen LogP contribution in [0.1, 0.15) is 23.3 Å². The van der Waals surface area contributed by atoms with Crippen LogP contribution in [0.25, 0.3) is 0 Å². The van der Waals surface area contributed by atoms with Gasteiger partial charge in [-0.05, 0) is 65.5 Å². The molecule has 4 bridgehead atoms. The molecule has 0 spiro atoms. The molecule has 1 saturated heterocycles. The number of likely N-dealkylation sites (tertiary alicyclic amines) is 1. The highest BCUT2D eigenvalue weighted by Gasteiger charge is 2.36. The van der Waals surface area contributed by atoms with Crippen molar-refractivity contribution in [3.05, 3.63) is 76.7 Å². The van der Waals surface area contributed by atoms with E-state index in [1.54, 1.807) is 19.2 Å². The molecule has 1 fully saturated rings. The Morgan fingerprint density at radius 1 is 1.00 bits per heavy atom. The van der Waals surface area contributed by atoms with Gasteiger partial charge in [0.1, 0.15) is 17.6 Å². The summed E-state index contributed by atoms with van der Waals surface area (Å²) in [6.07, 6.45) is 0.544. The lowest BCUT2D eigenvalue weighted by Crippen LogP contribution is -2.45. The van der Waals surface area contributed by atoms with Gasteiger partial charge in [-0.2, -0.15) is 0 Å². The SMILES string of the molecule is COc1ccc2cc1OCC(=O)NCc1ccc(cc1)O[C@H]1CN(Cc3ccc(Cl)o3)C[C@@H]1NC(=O)CC2. The normalized spacial score (nSPS) is 20.7. The maximum atomic E-state index is 13.0. The number of benzene rings is 2. The Bertz CT molecular complexity index is 1280. The second-order valence-electron chi connectivity index (χ2n) is 9.42. The number of hydrogen-bond acceptors (Lipinski definition) is 7. The zero-order valence-electron chi connectivity index (χ0n) is 21.1. The number of nitrogens with one attached hydrogen (secondary N) is 2. The van der Waals surface area contributed by atoms with Crippen LogP contribution in [-0.4, -0.2) is 55.7 Å². The standard InChI is InChI=1S/C28H30ClN3O6/c1-35-23-9-4-18-5-11-27(33)31-22-15-32(14-21-8-10-26(29)38-21)16-25(22)37-20-6-2-19(3-7-20)13-30-28(34)17-36-24(23)12-18/h2-4,6-10,12,22,25H,5,11,13-17H2,1H3,(H,30,34)(H,31,33)/t22-,25-/m0/s1. The number of carbonyl (C=O) groups is 2. The summed E-state index contributed by atoms with van der Waals surface area (Å²) < 4.78 is 23.0. The average Bonchev–Trinajstić information content (AvgIpc) is 3.49. The number of amides is 2. The minimum absolute atomic E-state index is 0.0718. The summed E-state index contributed by atoms with van der Waals surface area (Å²) in [5, 5.41) is 6.38. The van der Waals surface area contributed by atoms with Crippen LogP contribution < -0.4 is 24.8 Å². The summed E-state index contributed by atoms with van der Waals surface area (Å²) in [6, 6.07) is 16.4. The van der Waals surface area contributed by atoms with Crippen molar-refractivity contribution >= 4 is 23.4 Å². The number of hydrogen-bond donors (Lipinski definition) is 2. The molecule has 2 N–H and O–H groups in total. The number of fused-ring (bicyclic) bond motifs is 9. The first-order chi connectivity index (χ1) is 18.4. The lowest BCUT2D eigenvalue weighted by atomic mass is 10.1. The lowest BCUT2D eigenvalue weighted by molar-refractivity contribution is -0.123. The molecule has 3 aliphatic heterocycles. The molecule has 200 valence electrons. The fourth-order valence-corrected chi connectivity index (χ4v) is 4.84. The van der Waals surface area contributed by atoms with E-state index in [0.29, 0.717) is 55.1 Å². The van der Waals surface area contributed by atoms with E-state index in [1.807, 2.05) is 42.5 Å². The highest BCUT2D eigenvalue weighted by Crippen LogP contribution is 2.29. The molecule has 3 aliphatic rings. The molecule has 10 heteroatoms. The topological polar surface area (TPSA) is 102 Å². The monoisotopic (exact) mass is 539 g/mol. The van der Waals surface area contributed by atoms with E-state index in [4.69, 9.17) is 30.2 Å². The van der Waals surface area contributed by atoms with Gasteiger partial charge in [0.15, 0.2) is 23.3 Å². The summed E-state index contributed by atoms with van der Waals surface area (Å²) in [6.45, 7) is 2.00. The molecule has 0 saturated carbocycles. The van der Waals surface area contributed by atoms with E-state index in [-0.39, 0.29) is 37.0 Å². The van der Waals surface area contributed by atoms with E-state index in [2.05, 4.69) is 15.5 Å². The first kappa shape index (κ1) is 25.9. The predicted octanol–water partition coefficient (Wildman–Crippen LogP) is 3.33. The van der Waals surface area contributed by atoms with Gasteiger partial charge in [0.2, 0.25) is 5.91 Å². The van der Waals surface area contributed by atoms with E-state index in [0.717, 1.165) is 16.9 Å². The molecule has 38 heavy (non-hydrogen) atoms. The quantitative estimate of drug-likeness (QED) is 0.526. The average molecular weight is 540 g/mol. The molecular weight excluding hydrogens is 510 g/mol. The van der Waals surface area contributed by atoms with Crippen LogP contribution in [0.15, 0.2) is 59.0 Å².